The molecule has 1 aromatic carbocycles. The van der Waals surface area contributed by atoms with E-state index in [1.807, 2.05) is 0 Å². The first kappa shape index (κ1) is 21.1. The van der Waals surface area contributed by atoms with Crippen LogP contribution in [0, 0.1) is 5.82 Å². The Morgan fingerprint density at radius 1 is 1.41 bits per heavy atom. The van der Waals surface area contributed by atoms with Gasteiger partial charge in [-0.05, 0) is 23.3 Å². The fourth-order valence-corrected chi connectivity index (χ4v) is 2.52. The van der Waals surface area contributed by atoms with Crippen LogP contribution >= 0.6 is 24.0 Å². The monoisotopic (exact) mass is 445 g/mol. The zero-order valence-corrected chi connectivity index (χ0v) is 15.7. The highest BCUT2D eigenvalue weighted by Crippen LogP contribution is 2.15. The Hall–Kier alpha value is -0.940. The van der Waals surface area contributed by atoms with Gasteiger partial charge in [-0.2, -0.15) is 0 Å². The predicted molar refractivity (Wildman–Crippen MR) is 95.6 cm³/mol. The third-order valence-corrected chi connectivity index (χ3v) is 3.45. The molecule has 9 heteroatoms. The number of nitrogens with zero attached hydrogens (tertiary/aromatic N) is 1. The molecule has 126 valence electrons. The van der Waals surface area contributed by atoms with Crippen LogP contribution in [0.5, 0.6) is 0 Å². The van der Waals surface area contributed by atoms with Crippen LogP contribution in [0.3, 0.4) is 0 Å². The second-order valence-corrected chi connectivity index (χ2v) is 6.74. The molecule has 0 heterocycles. The van der Waals surface area contributed by atoms with Crippen molar-refractivity contribution in [3.63, 3.8) is 0 Å². The maximum atomic E-state index is 13.3. The van der Waals surface area contributed by atoms with Crippen molar-refractivity contribution in [2.24, 2.45) is 10.7 Å². The van der Waals surface area contributed by atoms with Gasteiger partial charge in [-0.1, -0.05) is 6.07 Å². The number of aliphatic imine (C=N–C) groups is 1. The summed E-state index contributed by atoms with van der Waals surface area (Å²) in [4.78, 5) is 4.06. The quantitative estimate of drug-likeness (QED) is 0.283. The van der Waals surface area contributed by atoms with Crippen LogP contribution < -0.4 is 11.1 Å². The number of ether oxygens (including phenoxy) is 1. The van der Waals surface area contributed by atoms with Crippen LogP contribution in [0.1, 0.15) is 11.1 Å². The van der Waals surface area contributed by atoms with E-state index in [4.69, 9.17) is 10.5 Å². The number of nitrogens with two attached hydrogens (primary N) is 1. The molecule has 0 aliphatic rings. The minimum atomic E-state index is -3.20. The largest absolute Gasteiger partial charge is 0.383 e. The molecule has 1 aromatic rings. The lowest BCUT2D eigenvalue weighted by Crippen LogP contribution is -2.34. The van der Waals surface area contributed by atoms with Crippen LogP contribution in [0.2, 0.25) is 0 Å². The summed E-state index contributed by atoms with van der Waals surface area (Å²) >= 11 is 0. The minimum Gasteiger partial charge on any atom is -0.383 e. The number of hydrogen-bond acceptors (Lipinski definition) is 4. The van der Waals surface area contributed by atoms with Crippen molar-refractivity contribution in [3.8, 4) is 0 Å². The van der Waals surface area contributed by atoms with E-state index >= 15 is 0 Å². The summed E-state index contributed by atoms with van der Waals surface area (Å²) in [5.74, 6) is -0.403. The number of benzene rings is 1. The van der Waals surface area contributed by atoms with Crippen molar-refractivity contribution < 1.29 is 17.5 Å². The molecule has 0 aliphatic carbocycles. The molecule has 1 rings (SSSR count). The molecular formula is C13H21FIN3O3S. The lowest BCUT2D eigenvalue weighted by atomic mass is 10.1. The lowest BCUT2D eigenvalue weighted by molar-refractivity contribution is 0.204. The van der Waals surface area contributed by atoms with Crippen molar-refractivity contribution in [1.29, 1.82) is 0 Å². The zero-order valence-electron chi connectivity index (χ0n) is 12.5. The molecule has 0 aromatic heterocycles. The van der Waals surface area contributed by atoms with Gasteiger partial charge in [0.15, 0.2) is 15.8 Å². The first-order valence-electron chi connectivity index (χ1n) is 6.29. The van der Waals surface area contributed by atoms with Crippen LogP contribution in [-0.4, -0.2) is 40.9 Å². The zero-order chi connectivity index (χ0) is 15.9. The molecule has 0 spiro atoms. The molecule has 0 atom stereocenters. The minimum absolute atomic E-state index is 0. The van der Waals surface area contributed by atoms with Gasteiger partial charge in [0.1, 0.15) is 5.82 Å². The maximum absolute atomic E-state index is 13.3. The Bertz CT molecular complexity index is 609. The van der Waals surface area contributed by atoms with Gasteiger partial charge < -0.3 is 15.8 Å². The van der Waals surface area contributed by atoms with Gasteiger partial charge in [0.25, 0.3) is 0 Å². The Morgan fingerprint density at radius 2 is 2.09 bits per heavy atom. The smallest absolute Gasteiger partial charge is 0.188 e. The van der Waals surface area contributed by atoms with Crippen molar-refractivity contribution in [2.45, 2.75) is 12.3 Å². The highest BCUT2D eigenvalue weighted by molar-refractivity contribution is 14.0. The molecule has 6 nitrogen and oxygen atoms in total. The van der Waals surface area contributed by atoms with E-state index in [2.05, 4.69) is 10.3 Å². The van der Waals surface area contributed by atoms with Gasteiger partial charge in [0, 0.05) is 19.9 Å². The van der Waals surface area contributed by atoms with Crippen LogP contribution in [0.25, 0.3) is 0 Å². The van der Waals surface area contributed by atoms with Gasteiger partial charge >= 0.3 is 0 Å². The van der Waals surface area contributed by atoms with E-state index in [1.165, 1.54) is 18.2 Å². The first-order chi connectivity index (χ1) is 9.81. The Kier molecular flexibility index (Phi) is 9.53. The molecule has 22 heavy (non-hydrogen) atoms. The van der Waals surface area contributed by atoms with E-state index in [1.54, 1.807) is 7.11 Å². The first-order valence-corrected chi connectivity index (χ1v) is 8.35. The molecule has 0 amide bonds. The summed E-state index contributed by atoms with van der Waals surface area (Å²) < 4.78 is 40.9. The van der Waals surface area contributed by atoms with Crippen molar-refractivity contribution >= 4 is 39.8 Å². The van der Waals surface area contributed by atoms with Crippen LogP contribution in [0.15, 0.2) is 23.2 Å². The molecule has 0 fully saturated rings. The third kappa shape index (κ3) is 8.49. The number of rotatable bonds is 7. The summed E-state index contributed by atoms with van der Waals surface area (Å²) in [5, 5.41) is 2.83. The van der Waals surface area contributed by atoms with Crippen molar-refractivity contribution in [3.05, 3.63) is 35.1 Å². The number of methoxy groups -OCH3 is 1. The fraction of sp³-hybridized carbons (Fsp3) is 0.462. The molecule has 3 N–H and O–H groups in total. The number of nitrogens with one attached hydrogen (secondary N) is 1. The summed E-state index contributed by atoms with van der Waals surface area (Å²) in [6.07, 6.45) is 1.13. The fourth-order valence-electron chi connectivity index (χ4n) is 1.67. The maximum Gasteiger partial charge on any atom is 0.188 e. The van der Waals surface area contributed by atoms with E-state index in [0.717, 1.165) is 6.26 Å². The van der Waals surface area contributed by atoms with Crippen molar-refractivity contribution in [1.82, 2.24) is 5.32 Å². The van der Waals surface area contributed by atoms with Gasteiger partial charge in [-0.25, -0.2) is 17.8 Å². The molecule has 0 saturated heterocycles. The van der Waals surface area contributed by atoms with Crippen LogP contribution in [-0.2, 0) is 26.9 Å². The molecule has 0 aliphatic heterocycles. The molecule has 0 bridgehead atoms. The average molecular weight is 445 g/mol. The topological polar surface area (TPSA) is 93.8 Å². The summed E-state index contributed by atoms with van der Waals surface area (Å²) in [7, 11) is -1.63. The van der Waals surface area contributed by atoms with Gasteiger partial charge in [0.2, 0.25) is 0 Å². The Balaban J connectivity index is 0.00000441. The predicted octanol–water partition coefficient (Wildman–Crippen LogP) is 1.04. The molecular weight excluding hydrogens is 424 g/mol. The van der Waals surface area contributed by atoms with E-state index in [-0.39, 0.29) is 42.2 Å². The van der Waals surface area contributed by atoms with Gasteiger partial charge in [-0.3, -0.25) is 0 Å². The van der Waals surface area contributed by atoms with Gasteiger partial charge in [-0.15, -0.1) is 24.0 Å². The van der Waals surface area contributed by atoms with E-state index in [9.17, 15) is 12.8 Å². The number of halogens is 2. The summed E-state index contributed by atoms with van der Waals surface area (Å²) in [6.45, 7) is 1.09. The SMILES string of the molecule is COCCNC(N)=NCc1cc(F)ccc1CS(C)(=O)=O.I. The Labute approximate surface area is 147 Å². The summed E-state index contributed by atoms with van der Waals surface area (Å²) in [6, 6.07) is 3.95. The normalized spacial score (nSPS) is 11.9. The van der Waals surface area contributed by atoms with Crippen LogP contribution in [0.4, 0.5) is 4.39 Å². The standard InChI is InChI=1S/C13H20FN3O3S.HI/c1-20-6-5-16-13(15)17-8-11-7-12(14)4-3-10(11)9-21(2,18)19;/h3-4,7H,5-6,8-9H2,1-2H3,(H3,15,16,17);1H. The molecule has 0 unspecified atom stereocenters. The highest BCUT2D eigenvalue weighted by Gasteiger charge is 2.10. The second kappa shape index (κ2) is 9.95. The van der Waals surface area contributed by atoms with E-state index < -0.39 is 15.7 Å². The summed E-state index contributed by atoms with van der Waals surface area (Å²) in [5.41, 5.74) is 6.67. The number of sulfone groups is 1. The molecule has 0 radical (unpaired) electrons. The second-order valence-electron chi connectivity index (χ2n) is 4.60. The number of guanidine groups is 1. The average Bonchev–Trinajstić information content (AvgIpc) is 2.38. The van der Waals surface area contributed by atoms with Gasteiger partial charge in [0.05, 0.1) is 18.9 Å². The molecule has 0 saturated carbocycles. The lowest BCUT2D eigenvalue weighted by Gasteiger charge is -2.08. The third-order valence-electron chi connectivity index (χ3n) is 2.62. The number of hydrogen-bond donors (Lipinski definition) is 2. The highest BCUT2D eigenvalue weighted by atomic mass is 127. The Morgan fingerprint density at radius 3 is 2.68 bits per heavy atom. The van der Waals surface area contributed by atoms with E-state index in [0.29, 0.717) is 24.3 Å². The van der Waals surface area contributed by atoms with Crippen molar-refractivity contribution in [2.75, 3.05) is 26.5 Å².